The molecule has 0 saturated heterocycles. The van der Waals surface area contributed by atoms with Crippen LogP contribution in [0, 0.1) is 0 Å². The largest absolute Gasteiger partial charge is 0.497 e. The molecule has 1 aliphatic rings. The van der Waals surface area contributed by atoms with E-state index in [1.807, 2.05) is 24.3 Å². The minimum atomic E-state index is 0.0714. The first kappa shape index (κ1) is 14.0. The Morgan fingerprint density at radius 3 is 2.48 bits per heavy atom. The molecule has 2 aromatic rings. The van der Waals surface area contributed by atoms with E-state index in [1.165, 1.54) is 11.1 Å². The quantitative estimate of drug-likeness (QED) is 0.862. The lowest BCUT2D eigenvalue weighted by Crippen LogP contribution is -2.26. The second-order valence-corrected chi connectivity index (χ2v) is 5.49. The summed E-state index contributed by atoms with van der Waals surface area (Å²) in [5, 5.41) is 0. The molecular weight excluding hydrogens is 262 g/mol. The van der Waals surface area contributed by atoms with Crippen molar-refractivity contribution >= 4 is 0 Å². The summed E-state index contributed by atoms with van der Waals surface area (Å²) in [4.78, 5) is 2.33. The van der Waals surface area contributed by atoms with E-state index in [4.69, 9.17) is 9.47 Å². The molecule has 0 aliphatic carbocycles. The first-order valence-electron chi connectivity index (χ1n) is 7.33. The van der Waals surface area contributed by atoms with Crippen molar-refractivity contribution in [1.29, 1.82) is 0 Å². The maximum atomic E-state index is 6.23. The molecule has 0 amide bonds. The van der Waals surface area contributed by atoms with Gasteiger partial charge in [0.1, 0.15) is 17.6 Å². The van der Waals surface area contributed by atoms with Crippen LogP contribution in [0.15, 0.2) is 48.5 Å². The summed E-state index contributed by atoms with van der Waals surface area (Å²) in [6, 6.07) is 16.4. The summed E-state index contributed by atoms with van der Waals surface area (Å²) in [5.74, 6) is 1.73. The molecule has 0 radical (unpaired) electrons. The first-order chi connectivity index (χ1) is 10.3. The molecule has 1 atom stereocenters. The summed E-state index contributed by atoms with van der Waals surface area (Å²) < 4.78 is 11.4. The van der Waals surface area contributed by atoms with Gasteiger partial charge in [-0.05, 0) is 48.9 Å². The van der Waals surface area contributed by atoms with E-state index in [0.717, 1.165) is 31.0 Å². The molecule has 0 fully saturated rings. The van der Waals surface area contributed by atoms with Crippen molar-refractivity contribution < 1.29 is 9.47 Å². The number of ether oxygens (including phenoxy) is 2. The Morgan fingerprint density at radius 1 is 1.00 bits per heavy atom. The fourth-order valence-corrected chi connectivity index (χ4v) is 2.78. The molecule has 1 heterocycles. The monoisotopic (exact) mass is 283 g/mol. The van der Waals surface area contributed by atoms with Crippen LogP contribution in [0.2, 0.25) is 0 Å². The standard InChI is InChI=1S/C18H21NO2/c1-19-12-11-14-5-3-4-6-17(14)18(13-19)21-16-9-7-15(20-2)8-10-16/h3-10,18H,11-13H2,1-2H3. The third-order valence-corrected chi connectivity index (χ3v) is 3.98. The lowest BCUT2D eigenvalue weighted by Gasteiger charge is -2.23. The van der Waals surface area contributed by atoms with E-state index in [2.05, 4.69) is 36.2 Å². The molecule has 0 N–H and O–H groups in total. The maximum Gasteiger partial charge on any atom is 0.137 e. The van der Waals surface area contributed by atoms with E-state index >= 15 is 0 Å². The number of likely N-dealkylation sites (N-methyl/N-ethyl adjacent to an activating group) is 1. The van der Waals surface area contributed by atoms with Crippen LogP contribution >= 0.6 is 0 Å². The van der Waals surface area contributed by atoms with E-state index in [1.54, 1.807) is 7.11 Å². The second kappa shape index (κ2) is 6.19. The number of hydrogen-bond acceptors (Lipinski definition) is 3. The van der Waals surface area contributed by atoms with Crippen LogP contribution < -0.4 is 9.47 Å². The van der Waals surface area contributed by atoms with Crippen molar-refractivity contribution in [3.8, 4) is 11.5 Å². The SMILES string of the molecule is COc1ccc(OC2CN(C)CCc3ccccc32)cc1. The number of fused-ring (bicyclic) bond motifs is 1. The summed E-state index contributed by atoms with van der Waals surface area (Å²) in [6.45, 7) is 1.97. The van der Waals surface area contributed by atoms with Crippen molar-refractivity contribution in [3.05, 3.63) is 59.7 Å². The van der Waals surface area contributed by atoms with Gasteiger partial charge in [-0.1, -0.05) is 24.3 Å². The molecule has 0 saturated carbocycles. The van der Waals surface area contributed by atoms with E-state index in [9.17, 15) is 0 Å². The highest BCUT2D eigenvalue weighted by Crippen LogP contribution is 2.29. The van der Waals surface area contributed by atoms with Gasteiger partial charge in [0.05, 0.1) is 7.11 Å². The lowest BCUT2D eigenvalue weighted by atomic mass is 10.0. The lowest BCUT2D eigenvalue weighted by molar-refractivity contribution is 0.156. The molecule has 1 unspecified atom stereocenters. The predicted octanol–water partition coefficient (Wildman–Crippen LogP) is 3.30. The molecule has 0 spiro atoms. The Bertz CT molecular complexity index is 594. The average molecular weight is 283 g/mol. The Balaban J connectivity index is 1.85. The number of nitrogens with zero attached hydrogens (tertiary/aromatic N) is 1. The Kier molecular flexibility index (Phi) is 4.11. The number of hydrogen-bond donors (Lipinski definition) is 0. The second-order valence-electron chi connectivity index (χ2n) is 5.49. The molecule has 2 aromatic carbocycles. The van der Waals surface area contributed by atoms with Crippen LogP contribution in [0.5, 0.6) is 11.5 Å². The fourth-order valence-electron chi connectivity index (χ4n) is 2.78. The summed E-state index contributed by atoms with van der Waals surface area (Å²) in [7, 11) is 3.82. The highest BCUT2D eigenvalue weighted by atomic mass is 16.5. The third kappa shape index (κ3) is 3.19. The molecule has 3 heteroatoms. The van der Waals surface area contributed by atoms with E-state index < -0.39 is 0 Å². The highest BCUT2D eigenvalue weighted by Gasteiger charge is 2.22. The van der Waals surface area contributed by atoms with Crippen LogP contribution in [0.1, 0.15) is 17.2 Å². The van der Waals surface area contributed by atoms with Crippen LogP contribution in [0.4, 0.5) is 0 Å². The third-order valence-electron chi connectivity index (χ3n) is 3.98. The molecule has 110 valence electrons. The van der Waals surface area contributed by atoms with Crippen molar-refractivity contribution in [2.45, 2.75) is 12.5 Å². The Hall–Kier alpha value is -2.00. The molecular formula is C18H21NO2. The number of rotatable bonds is 3. The molecule has 1 aliphatic heterocycles. The van der Waals surface area contributed by atoms with Gasteiger partial charge in [-0.25, -0.2) is 0 Å². The van der Waals surface area contributed by atoms with Crippen molar-refractivity contribution in [1.82, 2.24) is 4.90 Å². The van der Waals surface area contributed by atoms with Gasteiger partial charge in [-0.3, -0.25) is 0 Å². The molecule has 3 nitrogen and oxygen atoms in total. The van der Waals surface area contributed by atoms with Gasteiger partial charge in [0.25, 0.3) is 0 Å². The highest BCUT2D eigenvalue weighted by molar-refractivity contribution is 5.34. The van der Waals surface area contributed by atoms with E-state index in [-0.39, 0.29) is 6.10 Å². The zero-order chi connectivity index (χ0) is 14.7. The van der Waals surface area contributed by atoms with Crippen LogP contribution in [-0.4, -0.2) is 32.1 Å². The van der Waals surface area contributed by atoms with Crippen molar-refractivity contribution in [2.24, 2.45) is 0 Å². The zero-order valence-electron chi connectivity index (χ0n) is 12.6. The topological polar surface area (TPSA) is 21.7 Å². The van der Waals surface area contributed by atoms with Crippen molar-refractivity contribution in [3.63, 3.8) is 0 Å². The minimum Gasteiger partial charge on any atom is -0.497 e. The molecule has 3 rings (SSSR count). The fraction of sp³-hybridized carbons (Fsp3) is 0.333. The number of methoxy groups -OCH3 is 1. The zero-order valence-corrected chi connectivity index (χ0v) is 12.6. The smallest absolute Gasteiger partial charge is 0.137 e. The minimum absolute atomic E-state index is 0.0714. The van der Waals surface area contributed by atoms with E-state index in [0.29, 0.717) is 0 Å². The number of benzene rings is 2. The molecule has 21 heavy (non-hydrogen) atoms. The van der Waals surface area contributed by atoms with Crippen LogP contribution in [-0.2, 0) is 6.42 Å². The van der Waals surface area contributed by atoms with Crippen LogP contribution in [0.3, 0.4) is 0 Å². The van der Waals surface area contributed by atoms with Gasteiger partial charge in [0.15, 0.2) is 0 Å². The summed E-state index contributed by atoms with van der Waals surface area (Å²) in [5.41, 5.74) is 2.69. The maximum absolute atomic E-state index is 6.23. The van der Waals surface area contributed by atoms with Crippen molar-refractivity contribution in [2.75, 3.05) is 27.2 Å². The van der Waals surface area contributed by atoms with Gasteiger partial charge < -0.3 is 14.4 Å². The van der Waals surface area contributed by atoms with Gasteiger partial charge in [0.2, 0.25) is 0 Å². The molecule has 0 aromatic heterocycles. The Morgan fingerprint density at radius 2 is 1.71 bits per heavy atom. The average Bonchev–Trinajstić information content (AvgIpc) is 2.68. The van der Waals surface area contributed by atoms with Gasteiger partial charge in [-0.15, -0.1) is 0 Å². The van der Waals surface area contributed by atoms with Crippen LogP contribution in [0.25, 0.3) is 0 Å². The summed E-state index contributed by atoms with van der Waals surface area (Å²) in [6.07, 6.45) is 1.15. The van der Waals surface area contributed by atoms with Gasteiger partial charge >= 0.3 is 0 Å². The van der Waals surface area contributed by atoms with Gasteiger partial charge in [0, 0.05) is 13.1 Å². The summed E-state index contributed by atoms with van der Waals surface area (Å²) >= 11 is 0. The first-order valence-corrected chi connectivity index (χ1v) is 7.33. The van der Waals surface area contributed by atoms with Gasteiger partial charge in [-0.2, -0.15) is 0 Å². The Labute approximate surface area is 126 Å². The predicted molar refractivity (Wildman–Crippen MR) is 84.0 cm³/mol. The normalized spacial score (nSPS) is 18.7. The molecule has 0 bridgehead atoms.